The first-order valence-corrected chi connectivity index (χ1v) is 9.15. The molecule has 0 unspecified atom stereocenters. The van der Waals surface area contributed by atoms with Crippen LogP contribution in [0, 0.1) is 0 Å². The Hall–Kier alpha value is -2.08. The van der Waals surface area contributed by atoms with Gasteiger partial charge in [0.05, 0.1) is 12.6 Å². The number of rotatable bonds is 2. The van der Waals surface area contributed by atoms with Crippen molar-refractivity contribution in [2.24, 2.45) is 5.73 Å². The lowest BCUT2D eigenvalue weighted by molar-refractivity contribution is -0.121. The highest BCUT2D eigenvalue weighted by molar-refractivity contribution is 5.98. The number of urea groups is 1. The highest BCUT2D eigenvalue weighted by Gasteiger charge is 2.45. The first-order valence-electron chi connectivity index (χ1n) is 9.15. The summed E-state index contributed by atoms with van der Waals surface area (Å²) in [6.07, 6.45) is 4.30. The Morgan fingerprint density at radius 3 is 2.72 bits per heavy atom. The highest BCUT2D eigenvalue weighted by atomic mass is 16.5. The van der Waals surface area contributed by atoms with Crippen molar-refractivity contribution < 1.29 is 14.3 Å². The zero-order valence-corrected chi connectivity index (χ0v) is 14.4. The van der Waals surface area contributed by atoms with Crippen molar-refractivity contribution in [2.75, 3.05) is 31.1 Å². The van der Waals surface area contributed by atoms with Crippen LogP contribution in [0.1, 0.15) is 37.7 Å². The summed E-state index contributed by atoms with van der Waals surface area (Å²) >= 11 is 0. The largest absolute Gasteiger partial charge is 0.376 e. The molecule has 0 saturated carbocycles. The van der Waals surface area contributed by atoms with Gasteiger partial charge in [0, 0.05) is 37.2 Å². The summed E-state index contributed by atoms with van der Waals surface area (Å²) in [6, 6.07) is 7.85. The molecule has 6 heteroatoms. The first-order chi connectivity index (χ1) is 12.1. The molecular weight excluding hydrogens is 318 g/mol. The first kappa shape index (κ1) is 16.4. The van der Waals surface area contributed by atoms with Crippen molar-refractivity contribution in [2.45, 2.75) is 43.6 Å². The van der Waals surface area contributed by atoms with Crippen LogP contribution in [0.5, 0.6) is 0 Å². The van der Waals surface area contributed by atoms with E-state index >= 15 is 0 Å². The van der Waals surface area contributed by atoms with Crippen LogP contribution in [0.15, 0.2) is 24.3 Å². The quantitative estimate of drug-likeness (QED) is 0.892. The number of primary amides is 1. The molecule has 1 aromatic rings. The molecule has 0 radical (unpaired) electrons. The molecule has 2 fully saturated rings. The number of likely N-dealkylation sites (tertiary alicyclic amines) is 1. The number of amides is 3. The average Bonchev–Trinajstić information content (AvgIpc) is 3.12. The van der Waals surface area contributed by atoms with E-state index in [0.717, 1.165) is 38.0 Å². The third kappa shape index (κ3) is 2.88. The number of benzene rings is 1. The van der Waals surface area contributed by atoms with Crippen LogP contribution in [-0.2, 0) is 14.9 Å². The van der Waals surface area contributed by atoms with E-state index in [9.17, 15) is 9.59 Å². The van der Waals surface area contributed by atoms with Crippen LogP contribution in [0.4, 0.5) is 10.5 Å². The van der Waals surface area contributed by atoms with E-state index in [0.29, 0.717) is 26.1 Å². The minimum absolute atomic E-state index is 0.141. The van der Waals surface area contributed by atoms with Crippen molar-refractivity contribution in [1.82, 2.24) is 4.90 Å². The fraction of sp³-hybridized carbons (Fsp3) is 0.579. The molecule has 3 aliphatic rings. The van der Waals surface area contributed by atoms with Gasteiger partial charge in [-0.1, -0.05) is 18.2 Å². The van der Waals surface area contributed by atoms with E-state index in [2.05, 4.69) is 6.07 Å². The van der Waals surface area contributed by atoms with Crippen molar-refractivity contribution in [1.29, 1.82) is 0 Å². The lowest BCUT2D eigenvalue weighted by Crippen LogP contribution is -2.52. The molecule has 3 amide bonds. The van der Waals surface area contributed by atoms with Crippen LogP contribution in [0.3, 0.4) is 0 Å². The lowest BCUT2D eigenvalue weighted by atomic mass is 9.67. The Morgan fingerprint density at radius 1 is 1.28 bits per heavy atom. The van der Waals surface area contributed by atoms with Crippen molar-refractivity contribution in [3.63, 3.8) is 0 Å². The van der Waals surface area contributed by atoms with Crippen molar-refractivity contribution in [3.8, 4) is 0 Å². The number of carbonyl (C=O) groups excluding carboxylic acids is 2. The molecule has 2 saturated heterocycles. The minimum atomic E-state index is -0.370. The number of piperidine rings is 1. The third-order valence-corrected chi connectivity index (χ3v) is 6.00. The summed E-state index contributed by atoms with van der Waals surface area (Å²) in [5, 5.41) is 0. The topological polar surface area (TPSA) is 75.9 Å². The van der Waals surface area contributed by atoms with E-state index in [1.807, 2.05) is 23.1 Å². The van der Waals surface area contributed by atoms with E-state index < -0.39 is 0 Å². The summed E-state index contributed by atoms with van der Waals surface area (Å²) in [5.74, 6) is 0.168. The van der Waals surface area contributed by atoms with Gasteiger partial charge in [0.1, 0.15) is 0 Å². The fourth-order valence-electron chi connectivity index (χ4n) is 4.57. The minimum Gasteiger partial charge on any atom is -0.376 e. The van der Waals surface area contributed by atoms with Crippen LogP contribution >= 0.6 is 0 Å². The predicted molar refractivity (Wildman–Crippen MR) is 94.5 cm³/mol. The maximum atomic E-state index is 13.0. The molecule has 4 rings (SSSR count). The van der Waals surface area contributed by atoms with Gasteiger partial charge in [-0.2, -0.15) is 0 Å². The molecule has 2 N–H and O–H groups in total. The second kappa shape index (κ2) is 6.33. The predicted octanol–water partition coefficient (Wildman–Crippen LogP) is 2.01. The molecule has 3 heterocycles. The van der Waals surface area contributed by atoms with Crippen molar-refractivity contribution in [3.05, 3.63) is 29.8 Å². The lowest BCUT2D eigenvalue weighted by Gasteiger charge is -2.47. The van der Waals surface area contributed by atoms with Gasteiger partial charge in [-0.3, -0.25) is 4.79 Å². The third-order valence-electron chi connectivity index (χ3n) is 6.00. The Bertz CT molecular complexity index is 676. The van der Waals surface area contributed by atoms with E-state index in [-0.39, 0.29) is 23.5 Å². The molecular formula is C19H25N3O3. The maximum Gasteiger partial charge on any atom is 0.314 e. The monoisotopic (exact) mass is 343 g/mol. The summed E-state index contributed by atoms with van der Waals surface area (Å²) in [5.41, 5.74) is 7.49. The number of hydrogen-bond donors (Lipinski definition) is 1. The Morgan fingerprint density at radius 2 is 2.04 bits per heavy atom. The zero-order chi connectivity index (χ0) is 17.4. The molecule has 0 aromatic heterocycles. The molecule has 1 atom stereocenters. The molecule has 134 valence electrons. The number of hydrogen-bond acceptors (Lipinski definition) is 3. The summed E-state index contributed by atoms with van der Waals surface area (Å²) in [6.45, 7) is 2.66. The van der Waals surface area contributed by atoms with Gasteiger partial charge in [0.25, 0.3) is 0 Å². The molecule has 0 aliphatic carbocycles. The van der Waals surface area contributed by atoms with Gasteiger partial charge < -0.3 is 20.3 Å². The fourth-order valence-corrected chi connectivity index (χ4v) is 4.57. The molecule has 25 heavy (non-hydrogen) atoms. The Kier molecular flexibility index (Phi) is 4.15. The van der Waals surface area contributed by atoms with E-state index in [1.165, 1.54) is 5.56 Å². The van der Waals surface area contributed by atoms with Crippen LogP contribution in [0.25, 0.3) is 0 Å². The van der Waals surface area contributed by atoms with Crippen molar-refractivity contribution >= 4 is 17.6 Å². The summed E-state index contributed by atoms with van der Waals surface area (Å²) < 4.78 is 5.74. The van der Waals surface area contributed by atoms with Gasteiger partial charge >= 0.3 is 6.03 Å². The Labute approximate surface area is 147 Å². The number of ether oxygens (including phenoxy) is 1. The maximum absolute atomic E-state index is 13.0. The number of nitrogens with zero attached hydrogens (tertiary/aromatic N) is 2. The smallest absolute Gasteiger partial charge is 0.314 e. The SMILES string of the molecule is NC(=O)N1CCC2(CC1)CC(=O)N(C[C@H]1CCCO1)c1ccccc12. The van der Waals surface area contributed by atoms with Gasteiger partial charge in [0.2, 0.25) is 5.91 Å². The van der Waals surface area contributed by atoms with Crippen LogP contribution in [-0.4, -0.2) is 49.2 Å². The number of anilines is 1. The Balaban J connectivity index is 1.62. The van der Waals surface area contributed by atoms with Gasteiger partial charge in [-0.15, -0.1) is 0 Å². The second-order valence-corrected chi connectivity index (χ2v) is 7.44. The number of para-hydroxylation sites is 1. The molecule has 1 spiro atoms. The zero-order valence-electron chi connectivity index (χ0n) is 14.4. The number of fused-ring (bicyclic) bond motifs is 2. The molecule has 0 bridgehead atoms. The summed E-state index contributed by atoms with van der Waals surface area (Å²) in [7, 11) is 0. The second-order valence-electron chi connectivity index (χ2n) is 7.44. The van der Waals surface area contributed by atoms with Gasteiger partial charge in [0.15, 0.2) is 0 Å². The number of nitrogens with two attached hydrogens (primary N) is 1. The van der Waals surface area contributed by atoms with E-state index in [4.69, 9.17) is 10.5 Å². The van der Waals surface area contributed by atoms with Crippen LogP contribution in [0.2, 0.25) is 0 Å². The van der Waals surface area contributed by atoms with E-state index in [1.54, 1.807) is 4.90 Å². The van der Waals surface area contributed by atoms with Crippen LogP contribution < -0.4 is 10.6 Å². The molecule has 1 aromatic carbocycles. The standard InChI is InChI=1S/C19H25N3O3/c20-18(24)21-9-7-19(8-10-21)12-17(23)22(13-14-4-3-11-25-14)16-6-2-1-5-15(16)19/h1-2,5-6,14H,3-4,7-13H2,(H2,20,24)/t14-/m1/s1. The van der Waals surface area contributed by atoms with Gasteiger partial charge in [-0.25, -0.2) is 4.79 Å². The molecule has 6 nitrogen and oxygen atoms in total. The normalized spacial score (nSPS) is 25.3. The number of carbonyl (C=O) groups is 2. The average molecular weight is 343 g/mol. The highest BCUT2D eigenvalue weighted by Crippen LogP contribution is 2.47. The van der Waals surface area contributed by atoms with Gasteiger partial charge in [-0.05, 0) is 37.3 Å². The molecule has 3 aliphatic heterocycles. The summed E-state index contributed by atoms with van der Waals surface area (Å²) in [4.78, 5) is 28.0.